The zero-order valence-electron chi connectivity index (χ0n) is 9.41. The summed E-state index contributed by atoms with van der Waals surface area (Å²) in [4.78, 5) is 13.8. The monoisotopic (exact) mass is 208 g/mol. The highest BCUT2D eigenvalue weighted by molar-refractivity contribution is 5.79. The first-order chi connectivity index (χ1) is 7.20. The van der Waals surface area contributed by atoms with Gasteiger partial charge >= 0.3 is 0 Å². The van der Waals surface area contributed by atoms with Gasteiger partial charge in [0.25, 0.3) is 0 Å². The third kappa shape index (κ3) is 2.97. The molecule has 0 aromatic carbocycles. The van der Waals surface area contributed by atoms with Crippen molar-refractivity contribution in [3.05, 3.63) is 0 Å². The largest absolute Gasteiger partial charge is 0.332 e. The number of nitrogens with two attached hydrogens (primary N) is 1. The van der Waals surface area contributed by atoms with Crippen LogP contribution in [0.15, 0.2) is 0 Å². The maximum atomic E-state index is 12.1. The second-order valence-corrected chi connectivity index (χ2v) is 4.11. The highest BCUT2D eigenvalue weighted by Gasteiger charge is 2.30. The number of rotatable bonds is 3. The van der Waals surface area contributed by atoms with E-state index in [1.54, 1.807) is 4.90 Å². The normalized spacial score (nSPS) is 25.7. The highest BCUT2D eigenvalue weighted by Crippen LogP contribution is 2.24. The van der Waals surface area contributed by atoms with Crippen molar-refractivity contribution in [1.29, 1.82) is 0 Å². The molecule has 0 aromatic rings. The van der Waals surface area contributed by atoms with Crippen LogP contribution in [0.4, 0.5) is 0 Å². The number of amides is 1. The number of nitrogens with zero attached hydrogens (tertiary/aromatic N) is 1. The van der Waals surface area contributed by atoms with Gasteiger partial charge in [0.05, 0.1) is 12.5 Å². The van der Waals surface area contributed by atoms with Gasteiger partial charge in [-0.2, -0.15) is 0 Å². The third-order valence-electron chi connectivity index (χ3n) is 3.11. The van der Waals surface area contributed by atoms with Crippen molar-refractivity contribution in [2.24, 2.45) is 11.7 Å². The summed E-state index contributed by atoms with van der Waals surface area (Å²) >= 11 is 0. The Morgan fingerprint density at radius 1 is 1.53 bits per heavy atom. The lowest BCUT2D eigenvalue weighted by atomic mass is 9.84. The van der Waals surface area contributed by atoms with Gasteiger partial charge in [-0.25, -0.2) is 0 Å². The average molecular weight is 208 g/mol. The van der Waals surface area contributed by atoms with Crippen LogP contribution in [-0.2, 0) is 4.79 Å². The van der Waals surface area contributed by atoms with E-state index in [0.29, 0.717) is 13.1 Å². The molecule has 1 aliphatic carbocycles. The summed E-state index contributed by atoms with van der Waals surface area (Å²) in [5.74, 6) is 2.65. The van der Waals surface area contributed by atoms with E-state index < -0.39 is 0 Å². The fourth-order valence-corrected chi connectivity index (χ4v) is 2.16. The van der Waals surface area contributed by atoms with E-state index >= 15 is 0 Å². The number of carbonyl (C=O) groups excluding carboxylic acids is 1. The highest BCUT2D eigenvalue weighted by atomic mass is 16.2. The molecule has 1 fully saturated rings. The van der Waals surface area contributed by atoms with Gasteiger partial charge in [0.1, 0.15) is 0 Å². The molecule has 0 aromatic heterocycles. The van der Waals surface area contributed by atoms with E-state index in [9.17, 15) is 4.79 Å². The van der Waals surface area contributed by atoms with Gasteiger partial charge in [0.15, 0.2) is 0 Å². The summed E-state index contributed by atoms with van der Waals surface area (Å²) in [6.07, 6.45) is 9.37. The molecule has 2 atom stereocenters. The van der Waals surface area contributed by atoms with Gasteiger partial charge < -0.3 is 10.6 Å². The molecule has 1 rings (SSSR count). The Kier molecular flexibility index (Phi) is 4.64. The van der Waals surface area contributed by atoms with Crippen LogP contribution in [0, 0.1) is 18.3 Å². The first-order valence-corrected chi connectivity index (χ1v) is 5.68. The number of terminal acetylenes is 1. The molecule has 1 amide bonds. The predicted octanol–water partition coefficient (Wildman–Crippen LogP) is 0.986. The lowest BCUT2D eigenvalue weighted by molar-refractivity contribution is -0.136. The van der Waals surface area contributed by atoms with Crippen molar-refractivity contribution in [2.45, 2.75) is 38.6 Å². The quantitative estimate of drug-likeness (QED) is 0.703. The zero-order chi connectivity index (χ0) is 11.3. The van der Waals surface area contributed by atoms with Crippen LogP contribution in [0.5, 0.6) is 0 Å². The molecule has 0 aliphatic heterocycles. The second kappa shape index (κ2) is 5.77. The SMILES string of the molecule is C#CCN(CC)C(=O)C1CCCCC1N. The fourth-order valence-electron chi connectivity index (χ4n) is 2.16. The average Bonchev–Trinajstić information content (AvgIpc) is 2.25. The van der Waals surface area contributed by atoms with E-state index in [4.69, 9.17) is 12.2 Å². The third-order valence-corrected chi connectivity index (χ3v) is 3.11. The van der Waals surface area contributed by atoms with Crippen molar-refractivity contribution in [1.82, 2.24) is 4.90 Å². The Morgan fingerprint density at radius 2 is 2.20 bits per heavy atom. The predicted molar refractivity (Wildman–Crippen MR) is 61.0 cm³/mol. The summed E-state index contributed by atoms with van der Waals surface area (Å²) in [6.45, 7) is 3.02. The minimum absolute atomic E-state index is 0.00736. The van der Waals surface area contributed by atoms with E-state index in [-0.39, 0.29) is 17.9 Å². The standard InChI is InChI=1S/C12H20N2O/c1-3-9-14(4-2)12(15)10-7-5-6-8-11(10)13/h1,10-11H,4-9,13H2,2H3. The number of hydrogen-bond donors (Lipinski definition) is 1. The minimum atomic E-state index is -0.00736. The molecule has 0 bridgehead atoms. The smallest absolute Gasteiger partial charge is 0.228 e. The van der Waals surface area contributed by atoms with Crippen LogP contribution < -0.4 is 5.73 Å². The Balaban J connectivity index is 2.60. The Bertz CT molecular complexity index is 257. The van der Waals surface area contributed by atoms with Crippen LogP contribution in [0.25, 0.3) is 0 Å². The van der Waals surface area contributed by atoms with E-state index in [1.165, 1.54) is 0 Å². The van der Waals surface area contributed by atoms with Gasteiger partial charge in [-0.1, -0.05) is 18.8 Å². The topological polar surface area (TPSA) is 46.3 Å². The Hall–Kier alpha value is -1.01. The summed E-state index contributed by atoms with van der Waals surface area (Å²) in [6, 6.07) is 0.0260. The fraction of sp³-hybridized carbons (Fsp3) is 0.750. The molecule has 1 saturated carbocycles. The van der Waals surface area contributed by atoms with Crippen molar-refractivity contribution < 1.29 is 4.79 Å². The molecular formula is C12H20N2O. The lowest BCUT2D eigenvalue weighted by Gasteiger charge is -2.31. The van der Waals surface area contributed by atoms with E-state index in [0.717, 1.165) is 25.7 Å². The van der Waals surface area contributed by atoms with Gasteiger partial charge in [-0.05, 0) is 19.8 Å². The first kappa shape index (κ1) is 12.1. The Labute approximate surface area is 92.0 Å². The molecule has 2 N–H and O–H groups in total. The van der Waals surface area contributed by atoms with Gasteiger partial charge in [0.2, 0.25) is 5.91 Å². The van der Waals surface area contributed by atoms with Crippen LogP contribution in [-0.4, -0.2) is 29.9 Å². The van der Waals surface area contributed by atoms with Gasteiger partial charge in [-0.3, -0.25) is 4.79 Å². The second-order valence-electron chi connectivity index (χ2n) is 4.11. The van der Waals surface area contributed by atoms with Gasteiger partial charge in [-0.15, -0.1) is 6.42 Å². The van der Waals surface area contributed by atoms with Crippen LogP contribution >= 0.6 is 0 Å². The van der Waals surface area contributed by atoms with E-state index in [2.05, 4.69) is 5.92 Å². The van der Waals surface area contributed by atoms with Crippen molar-refractivity contribution in [3.8, 4) is 12.3 Å². The summed E-state index contributed by atoms with van der Waals surface area (Å²) in [5.41, 5.74) is 5.97. The maximum absolute atomic E-state index is 12.1. The number of hydrogen-bond acceptors (Lipinski definition) is 2. The van der Waals surface area contributed by atoms with Crippen molar-refractivity contribution >= 4 is 5.91 Å². The van der Waals surface area contributed by atoms with Gasteiger partial charge in [0, 0.05) is 12.6 Å². The van der Waals surface area contributed by atoms with Crippen LogP contribution in [0.1, 0.15) is 32.6 Å². The summed E-state index contributed by atoms with van der Waals surface area (Å²) < 4.78 is 0. The van der Waals surface area contributed by atoms with Crippen LogP contribution in [0.3, 0.4) is 0 Å². The lowest BCUT2D eigenvalue weighted by Crippen LogP contribution is -2.45. The summed E-state index contributed by atoms with van der Waals surface area (Å²) in [7, 11) is 0. The molecule has 3 heteroatoms. The molecule has 1 aliphatic rings. The molecule has 0 spiro atoms. The van der Waals surface area contributed by atoms with Crippen molar-refractivity contribution in [2.75, 3.05) is 13.1 Å². The maximum Gasteiger partial charge on any atom is 0.228 e. The minimum Gasteiger partial charge on any atom is -0.332 e. The molecule has 15 heavy (non-hydrogen) atoms. The molecule has 0 radical (unpaired) electrons. The molecule has 3 nitrogen and oxygen atoms in total. The molecular weight excluding hydrogens is 188 g/mol. The molecule has 0 heterocycles. The van der Waals surface area contributed by atoms with Crippen molar-refractivity contribution in [3.63, 3.8) is 0 Å². The van der Waals surface area contributed by atoms with E-state index in [1.807, 2.05) is 6.92 Å². The first-order valence-electron chi connectivity index (χ1n) is 5.68. The summed E-state index contributed by atoms with van der Waals surface area (Å²) in [5, 5.41) is 0. The molecule has 84 valence electrons. The molecule has 0 saturated heterocycles. The molecule has 2 unspecified atom stereocenters. The van der Waals surface area contributed by atoms with Crippen LogP contribution in [0.2, 0.25) is 0 Å². The number of carbonyl (C=O) groups is 1. The Morgan fingerprint density at radius 3 is 2.73 bits per heavy atom. The zero-order valence-corrected chi connectivity index (χ0v) is 9.41.